The van der Waals surface area contributed by atoms with Gasteiger partial charge in [-0.05, 0) is 38.8 Å². The SMILES string of the molecule is CCCOC(=O)c1c(NC(=O)c2cc3nccc(-c4cnn(C)c4C)n3n2)sc(C(=O)OCC)c1C. The average Bonchev–Trinajstić information content (AvgIpc) is 3.53. The third-order valence-electron chi connectivity index (χ3n) is 5.58. The van der Waals surface area contributed by atoms with Gasteiger partial charge in [-0.25, -0.2) is 19.1 Å². The second-order valence-electron chi connectivity index (χ2n) is 7.97. The number of hydrogen-bond donors (Lipinski definition) is 1. The molecule has 4 rings (SSSR count). The average molecular weight is 511 g/mol. The maximum absolute atomic E-state index is 13.2. The molecule has 4 aromatic rings. The molecule has 0 radical (unpaired) electrons. The van der Waals surface area contributed by atoms with Gasteiger partial charge in [0.25, 0.3) is 5.91 Å². The maximum Gasteiger partial charge on any atom is 0.348 e. The maximum atomic E-state index is 13.2. The van der Waals surface area contributed by atoms with Crippen LogP contribution in [0.5, 0.6) is 0 Å². The van der Waals surface area contributed by atoms with Gasteiger partial charge in [-0.1, -0.05) is 6.92 Å². The summed E-state index contributed by atoms with van der Waals surface area (Å²) in [5, 5.41) is 11.7. The minimum Gasteiger partial charge on any atom is -0.462 e. The van der Waals surface area contributed by atoms with E-state index in [0.717, 1.165) is 28.3 Å². The molecular formula is C24H26N6O5S. The minimum absolute atomic E-state index is 0.0908. The molecule has 0 atom stereocenters. The van der Waals surface area contributed by atoms with Crippen molar-refractivity contribution < 1.29 is 23.9 Å². The van der Waals surface area contributed by atoms with E-state index in [1.165, 1.54) is 0 Å². The van der Waals surface area contributed by atoms with Gasteiger partial charge in [0.1, 0.15) is 9.88 Å². The summed E-state index contributed by atoms with van der Waals surface area (Å²) in [4.78, 5) is 43.0. The number of esters is 2. The van der Waals surface area contributed by atoms with Crippen molar-refractivity contribution >= 4 is 39.8 Å². The lowest BCUT2D eigenvalue weighted by Gasteiger charge is -2.07. The zero-order chi connectivity index (χ0) is 26.0. The second-order valence-corrected chi connectivity index (χ2v) is 8.99. The lowest BCUT2D eigenvalue weighted by atomic mass is 10.1. The van der Waals surface area contributed by atoms with E-state index in [2.05, 4.69) is 20.5 Å². The molecule has 0 spiro atoms. The highest BCUT2D eigenvalue weighted by Crippen LogP contribution is 2.35. The van der Waals surface area contributed by atoms with Crippen LogP contribution in [0.2, 0.25) is 0 Å². The van der Waals surface area contributed by atoms with Gasteiger partial charge in [-0.2, -0.15) is 10.2 Å². The Labute approximate surface area is 211 Å². The number of thiophene rings is 1. The topological polar surface area (TPSA) is 130 Å². The standard InChI is InChI=1S/C24H26N6O5S/c1-6-10-35-23(32)19-13(3)20(24(33)34-7-2)36-22(19)27-21(31)16-11-18-25-9-8-17(30(18)28-16)15-12-26-29(5)14(15)4/h8-9,11-12H,6-7,10H2,1-5H3,(H,27,31). The number of anilines is 1. The molecule has 188 valence electrons. The lowest BCUT2D eigenvalue weighted by Crippen LogP contribution is -2.15. The van der Waals surface area contributed by atoms with Gasteiger partial charge in [-0.15, -0.1) is 11.3 Å². The van der Waals surface area contributed by atoms with E-state index in [1.807, 2.05) is 20.9 Å². The normalized spacial score (nSPS) is 11.0. The molecule has 0 saturated carbocycles. The van der Waals surface area contributed by atoms with Crippen molar-refractivity contribution in [1.82, 2.24) is 24.4 Å². The predicted octanol–water partition coefficient (Wildman–Crippen LogP) is 3.80. The third kappa shape index (κ3) is 4.59. The van der Waals surface area contributed by atoms with Gasteiger partial charge in [-0.3, -0.25) is 9.48 Å². The number of amides is 1. The third-order valence-corrected chi connectivity index (χ3v) is 6.77. The Morgan fingerprint density at radius 1 is 1.14 bits per heavy atom. The Kier molecular flexibility index (Phi) is 7.15. The summed E-state index contributed by atoms with van der Waals surface area (Å²) in [5.74, 6) is -1.75. The van der Waals surface area contributed by atoms with E-state index in [-0.39, 0.29) is 34.3 Å². The Morgan fingerprint density at radius 3 is 2.58 bits per heavy atom. The number of carbonyl (C=O) groups excluding carboxylic acids is 3. The van der Waals surface area contributed by atoms with E-state index in [1.54, 1.807) is 47.6 Å². The molecule has 4 aromatic heterocycles. The molecule has 12 heteroatoms. The number of fused-ring (bicyclic) bond motifs is 1. The largest absolute Gasteiger partial charge is 0.462 e. The van der Waals surface area contributed by atoms with Gasteiger partial charge >= 0.3 is 11.9 Å². The number of hydrogen-bond acceptors (Lipinski definition) is 9. The zero-order valence-electron chi connectivity index (χ0n) is 20.6. The number of carbonyl (C=O) groups is 3. The second kappa shape index (κ2) is 10.3. The molecule has 4 heterocycles. The number of nitrogens with zero attached hydrogens (tertiary/aromatic N) is 5. The van der Waals surface area contributed by atoms with Crippen molar-refractivity contribution in [3.8, 4) is 11.3 Å². The smallest absolute Gasteiger partial charge is 0.348 e. The molecule has 0 aliphatic rings. The molecule has 1 amide bonds. The molecule has 0 aromatic carbocycles. The van der Waals surface area contributed by atoms with Crippen LogP contribution in [0.25, 0.3) is 16.9 Å². The van der Waals surface area contributed by atoms with Gasteiger partial charge < -0.3 is 14.8 Å². The number of rotatable bonds is 8. The van der Waals surface area contributed by atoms with Crippen LogP contribution < -0.4 is 5.32 Å². The summed E-state index contributed by atoms with van der Waals surface area (Å²) in [5.41, 5.74) is 3.59. The predicted molar refractivity (Wildman–Crippen MR) is 133 cm³/mol. The Balaban J connectivity index is 1.71. The first kappa shape index (κ1) is 25.0. The monoisotopic (exact) mass is 510 g/mol. The highest BCUT2D eigenvalue weighted by molar-refractivity contribution is 7.18. The Morgan fingerprint density at radius 2 is 1.92 bits per heavy atom. The van der Waals surface area contributed by atoms with Crippen LogP contribution >= 0.6 is 11.3 Å². The van der Waals surface area contributed by atoms with Gasteiger partial charge in [0.05, 0.1) is 30.7 Å². The first-order valence-corrected chi connectivity index (χ1v) is 12.2. The van der Waals surface area contributed by atoms with E-state index >= 15 is 0 Å². The fourth-order valence-electron chi connectivity index (χ4n) is 3.63. The van der Waals surface area contributed by atoms with Crippen molar-refractivity contribution in [3.05, 3.63) is 51.9 Å². The molecule has 0 aliphatic carbocycles. The molecular weight excluding hydrogens is 484 g/mol. The number of aryl methyl sites for hydroxylation is 1. The van der Waals surface area contributed by atoms with Gasteiger partial charge in [0.15, 0.2) is 11.3 Å². The van der Waals surface area contributed by atoms with Crippen molar-refractivity contribution in [1.29, 1.82) is 0 Å². The van der Waals surface area contributed by atoms with Gasteiger partial charge in [0.2, 0.25) is 0 Å². The molecule has 0 bridgehead atoms. The van der Waals surface area contributed by atoms with Crippen LogP contribution in [0.3, 0.4) is 0 Å². The van der Waals surface area contributed by atoms with Crippen molar-refractivity contribution in [3.63, 3.8) is 0 Å². The summed E-state index contributed by atoms with van der Waals surface area (Å²) in [6.07, 6.45) is 4.00. The summed E-state index contributed by atoms with van der Waals surface area (Å²) in [6, 6.07) is 3.34. The minimum atomic E-state index is -0.623. The molecule has 0 unspecified atom stereocenters. The van der Waals surface area contributed by atoms with E-state index in [9.17, 15) is 14.4 Å². The van der Waals surface area contributed by atoms with Crippen molar-refractivity contribution in [2.75, 3.05) is 18.5 Å². The number of ether oxygens (including phenoxy) is 2. The molecule has 0 aliphatic heterocycles. The lowest BCUT2D eigenvalue weighted by molar-refractivity contribution is 0.0506. The van der Waals surface area contributed by atoms with Crippen LogP contribution in [0, 0.1) is 13.8 Å². The van der Waals surface area contributed by atoms with Crippen LogP contribution in [-0.4, -0.2) is 55.4 Å². The first-order chi connectivity index (χ1) is 17.3. The summed E-state index contributed by atoms with van der Waals surface area (Å²) in [7, 11) is 1.84. The van der Waals surface area contributed by atoms with Crippen LogP contribution in [-0.2, 0) is 16.5 Å². The summed E-state index contributed by atoms with van der Waals surface area (Å²) in [6.45, 7) is 7.52. The first-order valence-electron chi connectivity index (χ1n) is 11.4. The van der Waals surface area contributed by atoms with E-state index in [0.29, 0.717) is 17.6 Å². The number of nitrogens with one attached hydrogen (secondary N) is 1. The highest BCUT2D eigenvalue weighted by Gasteiger charge is 2.28. The van der Waals surface area contributed by atoms with Crippen LogP contribution in [0.15, 0.2) is 24.5 Å². The molecule has 11 nitrogen and oxygen atoms in total. The number of aromatic nitrogens is 5. The zero-order valence-corrected chi connectivity index (χ0v) is 21.4. The highest BCUT2D eigenvalue weighted by atomic mass is 32.1. The van der Waals surface area contributed by atoms with Gasteiger partial charge in [0, 0.05) is 30.6 Å². The quantitative estimate of drug-likeness (QED) is 0.354. The Bertz CT molecular complexity index is 1470. The van der Waals surface area contributed by atoms with Crippen molar-refractivity contribution in [2.45, 2.75) is 34.1 Å². The molecule has 0 fully saturated rings. The molecule has 1 N–H and O–H groups in total. The Hall–Kier alpha value is -4.06. The van der Waals surface area contributed by atoms with E-state index < -0.39 is 17.8 Å². The van der Waals surface area contributed by atoms with E-state index in [4.69, 9.17) is 9.47 Å². The molecule has 0 saturated heterocycles. The fraction of sp³-hybridized carbons (Fsp3) is 0.333. The fourth-order valence-corrected chi connectivity index (χ4v) is 4.72. The summed E-state index contributed by atoms with van der Waals surface area (Å²) < 4.78 is 13.7. The van der Waals surface area contributed by atoms with Crippen molar-refractivity contribution in [2.24, 2.45) is 7.05 Å². The molecule has 36 heavy (non-hydrogen) atoms. The van der Waals surface area contributed by atoms with Crippen LogP contribution in [0.1, 0.15) is 62.0 Å². The summed E-state index contributed by atoms with van der Waals surface area (Å²) >= 11 is 0.962. The van der Waals surface area contributed by atoms with Crippen LogP contribution in [0.4, 0.5) is 5.00 Å².